The van der Waals surface area contributed by atoms with E-state index in [1.54, 1.807) is 0 Å². The topological polar surface area (TPSA) is 107 Å². The first kappa shape index (κ1) is 25.1. The van der Waals surface area contributed by atoms with Crippen LogP contribution in [0.15, 0.2) is 71.8 Å². The molecular weight excluding hydrogens is 450 g/mol. The Hall–Kier alpha value is -4.53. The Bertz CT molecular complexity index is 1140. The van der Waals surface area contributed by atoms with E-state index >= 15 is 0 Å². The molecule has 3 rings (SSSR count). The van der Waals surface area contributed by atoms with Gasteiger partial charge in [0.05, 0.1) is 34.1 Å². The van der Waals surface area contributed by atoms with Gasteiger partial charge in [-0.3, -0.25) is 9.59 Å². The molecule has 9 nitrogen and oxygen atoms in total. The van der Waals surface area contributed by atoms with Gasteiger partial charge in [-0.1, -0.05) is 30.3 Å². The van der Waals surface area contributed by atoms with Crippen molar-refractivity contribution >= 4 is 18.0 Å². The van der Waals surface area contributed by atoms with Gasteiger partial charge < -0.3 is 24.3 Å². The van der Waals surface area contributed by atoms with Crippen molar-refractivity contribution in [3.63, 3.8) is 0 Å². The minimum absolute atomic E-state index is 0.255. The van der Waals surface area contributed by atoms with E-state index in [0.29, 0.717) is 23.9 Å². The van der Waals surface area contributed by atoms with Crippen molar-refractivity contribution in [1.29, 1.82) is 0 Å². The lowest BCUT2D eigenvalue weighted by Gasteiger charge is -2.14. The van der Waals surface area contributed by atoms with Crippen LogP contribution in [0.2, 0.25) is 0 Å². The number of carbonyl (C=O) groups is 2. The first-order valence-corrected chi connectivity index (χ1v) is 10.7. The predicted molar refractivity (Wildman–Crippen MR) is 131 cm³/mol. The Balaban J connectivity index is 1.47. The number of amides is 2. The number of ether oxygens (including phenoxy) is 4. The Morgan fingerprint density at radius 1 is 0.886 bits per heavy atom. The van der Waals surface area contributed by atoms with Crippen LogP contribution in [-0.2, 0) is 11.4 Å². The van der Waals surface area contributed by atoms with Crippen LogP contribution in [0.1, 0.15) is 21.5 Å². The lowest BCUT2D eigenvalue weighted by atomic mass is 10.1. The van der Waals surface area contributed by atoms with Crippen LogP contribution in [0.5, 0.6) is 23.0 Å². The van der Waals surface area contributed by atoms with Crippen LogP contribution < -0.4 is 29.7 Å². The van der Waals surface area contributed by atoms with Crippen molar-refractivity contribution in [2.75, 3.05) is 27.9 Å². The van der Waals surface area contributed by atoms with Crippen LogP contribution in [-0.4, -0.2) is 45.9 Å². The van der Waals surface area contributed by atoms with Crippen LogP contribution in [0, 0.1) is 0 Å². The van der Waals surface area contributed by atoms with E-state index in [1.807, 2.05) is 54.6 Å². The number of hydrogen-bond donors (Lipinski definition) is 2. The monoisotopic (exact) mass is 477 g/mol. The van der Waals surface area contributed by atoms with Gasteiger partial charge in [0, 0.05) is 5.56 Å². The van der Waals surface area contributed by atoms with Crippen LogP contribution in [0.3, 0.4) is 0 Å². The molecule has 182 valence electrons. The number of hydrogen-bond acceptors (Lipinski definition) is 7. The van der Waals surface area contributed by atoms with Gasteiger partial charge in [0.1, 0.15) is 12.4 Å². The third kappa shape index (κ3) is 7.23. The van der Waals surface area contributed by atoms with E-state index in [9.17, 15) is 9.59 Å². The fraction of sp³-hybridized carbons (Fsp3) is 0.192. The van der Waals surface area contributed by atoms with Crippen LogP contribution in [0.25, 0.3) is 0 Å². The second kappa shape index (κ2) is 12.6. The summed E-state index contributed by atoms with van der Waals surface area (Å²) in [5, 5.41) is 6.45. The molecule has 0 atom stereocenters. The molecule has 0 bridgehead atoms. The number of benzene rings is 3. The summed E-state index contributed by atoms with van der Waals surface area (Å²) in [5.41, 5.74) is 4.49. The van der Waals surface area contributed by atoms with E-state index in [1.165, 1.54) is 39.7 Å². The van der Waals surface area contributed by atoms with Gasteiger partial charge in [-0.05, 0) is 47.5 Å². The number of nitrogens with zero attached hydrogens (tertiary/aromatic N) is 1. The summed E-state index contributed by atoms with van der Waals surface area (Å²) in [6.45, 7) is 0.214. The summed E-state index contributed by atoms with van der Waals surface area (Å²) in [5.74, 6) is 0.809. The fourth-order valence-corrected chi connectivity index (χ4v) is 3.08. The molecule has 3 aromatic rings. The third-order valence-electron chi connectivity index (χ3n) is 4.87. The summed E-state index contributed by atoms with van der Waals surface area (Å²) in [4.78, 5) is 24.5. The molecule has 2 N–H and O–H groups in total. The molecule has 0 fully saturated rings. The third-order valence-corrected chi connectivity index (χ3v) is 4.87. The molecule has 0 spiro atoms. The molecule has 35 heavy (non-hydrogen) atoms. The highest BCUT2D eigenvalue weighted by atomic mass is 16.5. The fourth-order valence-electron chi connectivity index (χ4n) is 3.08. The van der Waals surface area contributed by atoms with Gasteiger partial charge in [0.25, 0.3) is 11.8 Å². The van der Waals surface area contributed by atoms with Crippen molar-refractivity contribution in [1.82, 2.24) is 10.7 Å². The Kier molecular flexibility index (Phi) is 9.07. The molecule has 0 heterocycles. The van der Waals surface area contributed by atoms with E-state index in [2.05, 4.69) is 15.8 Å². The highest BCUT2D eigenvalue weighted by molar-refractivity contribution is 5.97. The zero-order valence-electron chi connectivity index (χ0n) is 19.7. The van der Waals surface area contributed by atoms with Gasteiger partial charge in [-0.2, -0.15) is 5.10 Å². The van der Waals surface area contributed by atoms with Crippen molar-refractivity contribution in [3.8, 4) is 23.0 Å². The standard InChI is InChI=1S/C26H27N3O6/c1-32-22-13-20(14-23(33-2)25(22)34-3)26(31)27-16-24(30)29-28-15-18-9-11-21(12-10-18)35-17-19-7-5-4-6-8-19/h4-15H,16-17H2,1-3H3,(H,27,31)(H,29,30)/b28-15+. The summed E-state index contributed by atoms with van der Waals surface area (Å²) in [7, 11) is 4.38. The maximum atomic E-state index is 12.5. The maximum Gasteiger partial charge on any atom is 0.259 e. The molecule has 0 aliphatic rings. The predicted octanol–water partition coefficient (Wildman–Crippen LogP) is 3.17. The summed E-state index contributed by atoms with van der Waals surface area (Å²) in [6, 6.07) is 20.2. The zero-order valence-corrected chi connectivity index (χ0v) is 19.7. The minimum Gasteiger partial charge on any atom is -0.493 e. The smallest absolute Gasteiger partial charge is 0.259 e. The van der Waals surface area contributed by atoms with Gasteiger partial charge in [-0.15, -0.1) is 0 Å². The molecule has 0 unspecified atom stereocenters. The number of nitrogens with one attached hydrogen (secondary N) is 2. The molecule has 3 aromatic carbocycles. The van der Waals surface area contributed by atoms with E-state index in [-0.39, 0.29) is 12.1 Å². The first-order valence-electron chi connectivity index (χ1n) is 10.7. The largest absolute Gasteiger partial charge is 0.493 e. The van der Waals surface area contributed by atoms with E-state index in [0.717, 1.165) is 16.9 Å². The molecule has 2 amide bonds. The Morgan fingerprint density at radius 2 is 1.54 bits per heavy atom. The first-order chi connectivity index (χ1) is 17.0. The second-order valence-electron chi connectivity index (χ2n) is 7.23. The molecule has 9 heteroatoms. The summed E-state index contributed by atoms with van der Waals surface area (Å²) < 4.78 is 21.5. The summed E-state index contributed by atoms with van der Waals surface area (Å²) in [6.07, 6.45) is 1.50. The average Bonchev–Trinajstić information content (AvgIpc) is 2.90. The Morgan fingerprint density at radius 3 is 2.14 bits per heavy atom. The van der Waals surface area contributed by atoms with Crippen LogP contribution >= 0.6 is 0 Å². The molecule has 0 aliphatic carbocycles. The maximum absolute atomic E-state index is 12.5. The molecule has 0 aromatic heterocycles. The highest BCUT2D eigenvalue weighted by Gasteiger charge is 2.17. The lowest BCUT2D eigenvalue weighted by Crippen LogP contribution is -2.34. The van der Waals surface area contributed by atoms with Crippen molar-refractivity contribution in [2.45, 2.75) is 6.61 Å². The highest BCUT2D eigenvalue weighted by Crippen LogP contribution is 2.38. The SMILES string of the molecule is COc1cc(C(=O)NCC(=O)N/N=C/c2ccc(OCc3ccccc3)cc2)cc(OC)c1OC. The zero-order chi connectivity index (χ0) is 25.0. The number of rotatable bonds is 11. The minimum atomic E-state index is -0.482. The number of hydrazone groups is 1. The van der Waals surface area contributed by atoms with Crippen molar-refractivity contribution < 1.29 is 28.5 Å². The number of carbonyl (C=O) groups excluding carboxylic acids is 2. The van der Waals surface area contributed by atoms with Crippen molar-refractivity contribution in [2.24, 2.45) is 5.10 Å². The molecule has 0 saturated carbocycles. The normalized spacial score (nSPS) is 10.5. The quantitative estimate of drug-likeness (QED) is 0.325. The molecule has 0 saturated heterocycles. The molecule has 0 aliphatic heterocycles. The van der Waals surface area contributed by atoms with Gasteiger partial charge in [0.2, 0.25) is 5.75 Å². The molecule has 0 radical (unpaired) electrons. The van der Waals surface area contributed by atoms with E-state index in [4.69, 9.17) is 18.9 Å². The van der Waals surface area contributed by atoms with Gasteiger partial charge in [-0.25, -0.2) is 5.43 Å². The van der Waals surface area contributed by atoms with E-state index < -0.39 is 11.8 Å². The van der Waals surface area contributed by atoms with Crippen molar-refractivity contribution in [3.05, 3.63) is 83.4 Å². The lowest BCUT2D eigenvalue weighted by molar-refractivity contribution is -0.120. The van der Waals surface area contributed by atoms with Crippen LogP contribution in [0.4, 0.5) is 0 Å². The number of methoxy groups -OCH3 is 3. The van der Waals surface area contributed by atoms with Gasteiger partial charge in [0.15, 0.2) is 11.5 Å². The summed E-state index contributed by atoms with van der Waals surface area (Å²) >= 11 is 0. The average molecular weight is 478 g/mol. The second-order valence-corrected chi connectivity index (χ2v) is 7.23. The van der Waals surface area contributed by atoms with Gasteiger partial charge >= 0.3 is 0 Å². The molecular formula is C26H27N3O6. The Labute approximate surface area is 203 Å².